The monoisotopic (exact) mass is 307 g/mol. The highest BCUT2D eigenvalue weighted by atomic mass is 35.5. The third-order valence-corrected chi connectivity index (χ3v) is 3.40. The first-order valence-corrected chi connectivity index (χ1v) is 6.75. The van der Waals surface area contributed by atoms with E-state index in [1.807, 2.05) is 31.2 Å². The van der Waals surface area contributed by atoms with Crippen LogP contribution in [-0.4, -0.2) is 13.1 Å². The third-order valence-electron chi connectivity index (χ3n) is 3.07. The van der Waals surface area contributed by atoms with Crippen molar-refractivity contribution in [3.8, 4) is 0 Å². The number of rotatable bonds is 4. The fourth-order valence-electron chi connectivity index (χ4n) is 1.93. The molecule has 5 heteroatoms. The Morgan fingerprint density at radius 2 is 1.90 bits per heavy atom. The summed E-state index contributed by atoms with van der Waals surface area (Å²) in [7, 11) is 1.30. The highest BCUT2D eigenvalue weighted by molar-refractivity contribution is 6.31. The lowest BCUT2D eigenvalue weighted by molar-refractivity contribution is -0.141. The summed E-state index contributed by atoms with van der Waals surface area (Å²) < 4.78 is 17.9. The topological polar surface area (TPSA) is 38.3 Å². The van der Waals surface area contributed by atoms with Crippen molar-refractivity contribution >= 4 is 23.3 Å². The Morgan fingerprint density at radius 3 is 2.48 bits per heavy atom. The maximum absolute atomic E-state index is 13.1. The summed E-state index contributed by atoms with van der Waals surface area (Å²) in [5.74, 6) is -0.952. The number of hydrogen-bond acceptors (Lipinski definition) is 3. The molecule has 1 N–H and O–H groups in total. The average Bonchev–Trinajstić information content (AvgIpc) is 2.47. The van der Waals surface area contributed by atoms with E-state index in [0.29, 0.717) is 5.56 Å². The molecule has 110 valence electrons. The van der Waals surface area contributed by atoms with E-state index >= 15 is 0 Å². The molecule has 0 heterocycles. The van der Waals surface area contributed by atoms with Crippen molar-refractivity contribution in [1.82, 2.24) is 0 Å². The Morgan fingerprint density at radius 1 is 1.24 bits per heavy atom. The van der Waals surface area contributed by atoms with E-state index in [1.54, 1.807) is 0 Å². The largest absolute Gasteiger partial charge is 0.467 e. The molecule has 0 radical (unpaired) electrons. The Kier molecular flexibility index (Phi) is 4.81. The molecular weight excluding hydrogens is 293 g/mol. The number of carbonyl (C=O) groups excluding carboxylic acids is 1. The van der Waals surface area contributed by atoms with Crippen molar-refractivity contribution in [3.05, 3.63) is 64.4 Å². The first-order chi connectivity index (χ1) is 10.0. The molecule has 1 atom stereocenters. The van der Waals surface area contributed by atoms with Gasteiger partial charge in [0.25, 0.3) is 0 Å². The molecule has 3 nitrogen and oxygen atoms in total. The number of halogens is 2. The van der Waals surface area contributed by atoms with Gasteiger partial charge in [0.2, 0.25) is 0 Å². The molecule has 2 aromatic rings. The number of methoxy groups -OCH3 is 1. The molecule has 2 rings (SSSR count). The number of benzene rings is 2. The van der Waals surface area contributed by atoms with E-state index in [0.717, 1.165) is 11.3 Å². The van der Waals surface area contributed by atoms with Crippen molar-refractivity contribution in [2.75, 3.05) is 12.4 Å². The van der Waals surface area contributed by atoms with Crippen LogP contribution in [0.2, 0.25) is 5.02 Å². The van der Waals surface area contributed by atoms with E-state index < -0.39 is 17.8 Å². The van der Waals surface area contributed by atoms with Gasteiger partial charge in [-0.05, 0) is 31.2 Å². The van der Waals surface area contributed by atoms with Gasteiger partial charge < -0.3 is 10.1 Å². The van der Waals surface area contributed by atoms with Gasteiger partial charge in [0.1, 0.15) is 5.82 Å². The molecule has 1 unspecified atom stereocenters. The Bertz CT molecular complexity index is 643. The van der Waals surface area contributed by atoms with Gasteiger partial charge in [-0.2, -0.15) is 0 Å². The molecule has 0 aliphatic rings. The molecular formula is C16H15ClFNO2. The maximum atomic E-state index is 13.1. The first-order valence-electron chi connectivity index (χ1n) is 6.37. The lowest BCUT2D eigenvalue weighted by atomic mass is 10.1. The highest BCUT2D eigenvalue weighted by Crippen LogP contribution is 2.28. The summed E-state index contributed by atoms with van der Waals surface area (Å²) >= 11 is 6.03. The number of esters is 1. The molecule has 0 amide bonds. The van der Waals surface area contributed by atoms with Crippen LogP contribution in [0.25, 0.3) is 0 Å². The van der Waals surface area contributed by atoms with Crippen LogP contribution >= 0.6 is 11.6 Å². The van der Waals surface area contributed by atoms with Crippen molar-refractivity contribution < 1.29 is 13.9 Å². The highest BCUT2D eigenvalue weighted by Gasteiger charge is 2.24. The molecule has 0 saturated carbocycles. The SMILES string of the molecule is COC(=O)C(Nc1ccc(C)cc1)c1ccc(F)cc1Cl. The van der Waals surface area contributed by atoms with Crippen LogP contribution < -0.4 is 5.32 Å². The minimum atomic E-state index is -0.800. The summed E-state index contributed by atoms with van der Waals surface area (Å²) in [6.07, 6.45) is 0. The van der Waals surface area contributed by atoms with Crippen LogP contribution in [-0.2, 0) is 9.53 Å². The number of aryl methyl sites for hydroxylation is 1. The van der Waals surface area contributed by atoms with Gasteiger partial charge in [-0.3, -0.25) is 0 Å². The van der Waals surface area contributed by atoms with Crippen LogP contribution in [0.3, 0.4) is 0 Å². The summed E-state index contributed by atoms with van der Waals surface area (Å²) in [5, 5.41) is 3.22. The molecule has 0 spiro atoms. The quantitative estimate of drug-likeness (QED) is 0.864. The molecule has 0 bridgehead atoms. The summed E-state index contributed by atoms with van der Waals surface area (Å²) in [5.41, 5.74) is 2.32. The Labute approximate surface area is 127 Å². The summed E-state index contributed by atoms with van der Waals surface area (Å²) in [6.45, 7) is 1.97. The van der Waals surface area contributed by atoms with Gasteiger partial charge in [-0.15, -0.1) is 0 Å². The predicted molar refractivity (Wildman–Crippen MR) is 81.0 cm³/mol. The molecule has 0 aliphatic carbocycles. The van der Waals surface area contributed by atoms with Crippen molar-refractivity contribution in [2.24, 2.45) is 0 Å². The number of hydrogen-bond donors (Lipinski definition) is 1. The van der Waals surface area contributed by atoms with Crippen LogP contribution in [0, 0.1) is 12.7 Å². The van der Waals surface area contributed by atoms with Crippen LogP contribution in [0.4, 0.5) is 10.1 Å². The van der Waals surface area contributed by atoms with E-state index in [4.69, 9.17) is 16.3 Å². The van der Waals surface area contributed by atoms with Gasteiger partial charge in [-0.1, -0.05) is 35.4 Å². The maximum Gasteiger partial charge on any atom is 0.333 e. The van der Waals surface area contributed by atoms with E-state index in [9.17, 15) is 9.18 Å². The van der Waals surface area contributed by atoms with Crippen molar-refractivity contribution in [1.29, 1.82) is 0 Å². The second-order valence-corrected chi connectivity index (χ2v) is 5.04. The smallest absolute Gasteiger partial charge is 0.333 e. The minimum Gasteiger partial charge on any atom is -0.467 e. The fraction of sp³-hybridized carbons (Fsp3) is 0.188. The van der Waals surface area contributed by atoms with E-state index in [1.165, 1.54) is 25.3 Å². The average molecular weight is 308 g/mol. The molecule has 0 fully saturated rings. The Balaban J connectivity index is 2.34. The summed E-state index contributed by atoms with van der Waals surface area (Å²) in [4.78, 5) is 12.0. The molecule has 21 heavy (non-hydrogen) atoms. The van der Waals surface area contributed by atoms with Crippen LogP contribution in [0.5, 0.6) is 0 Å². The zero-order valence-corrected chi connectivity index (χ0v) is 12.4. The van der Waals surface area contributed by atoms with Gasteiger partial charge in [0.15, 0.2) is 6.04 Å². The second kappa shape index (κ2) is 6.59. The summed E-state index contributed by atoms with van der Waals surface area (Å²) in [6, 6.07) is 10.6. The first kappa shape index (κ1) is 15.3. The van der Waals surface area contributed by atoms with Gasteiger partial charge in [-0.25, -0.2) is 9.18 Å². The lowest BCUT2D eigenvalue weighted by Crippen LogP contribution is -2.22. The Hall–Kier alpha value is -2.07. The molecule has 2 aromatic carbocycles. The normalized spacial score (nSPS) is 11.8. The van der Waals surface area contributed by atoms with E-state index in [2.05, 4.69) is 5.32 Å². The molecule has 0 aromatic heterocycles. The van der Waals surface area contributed by atoms with Crippen molar-refractivity contribution in [2.45, 2.75) is 13.0 Å². The fourth-order valence-corrected chi connectivity index (χ4v) is 2.21. The third kappa shape index (κ3) is 3.73. The predicted octanol–water partition coefficient (Wildman–Crippen LogP) is 4.11. The van der Waals surface area contributed by atoms with E-state index in [-0.39, 0.29) is 5.02 Å². The van der Waals surface area contributed by atoms with Crippen molar-refractivity contribution in [3.63, 3.8) is 0 Å². The van der Waals surface area contributed by atoms with Gasteiger partial charge in [0, 0.05) is 16.3 Å². The molecule has 0 aliphatic heterocycles. The zero-order valence-electron chi connectivity index (χ0n) is 11.7. The molecule has 0 saturated heterocycles. The number of carbonyl (C=O) groups is 1. The van der Waals surface area contributed by atoms with Gasteiger partial charge in [0.05, 0.1) is 7.11 Å². The number of nitrogens with one attached hydrogen (secondary N) is 1. The number of anilines is 1. The van der Waals surface area contributed by atoms with Gasteiger partial charge >= 0.3 is 5.97 Å². The number of ether oxygens (including phenoxy) is 1. The minimum absolute atomic E-state index is 0.171. The lowest BCUT2D eigenvalue weighted by Gasteiger charge is -2.19. The second-order valence-electron chi connectivity index (χ2n) is 4.63. The van der Waals surface area contributed by atoms with Crippen LogP contribution in [0.15, 0.2) is 42.5 Å². The standard InChI is InChI=1S/C16H15ClFNO2/c1-10-3-6-12(7-4-10)19-15(16(20)21-2)13-8-5-11(18)9-14(13)17/h3-9,15,19H,1-2H3. The van der Waals surface area contributed by atoms with Crippen LogP contribution in [0.1, 0.15) is 17.2 Å². The zero-order chi connectivity index (χ0) is 15.4.